The van der Waals surface area contributed by atoms with Crippen molar-refractivity contribution in [3.8, 4) is 0 Å². The van der Waals surface area contributed by atoms with Gasteiger partial charge in [-0.05, 0) is 25.2 Å². The van der Waals surface area contributed by atoms with E-state index in [9.17, 15) is 0 Å². The minimum Gasteiger partial charge on any atom is -0.381 e. The van der Waals surface area contributed by atoms with E-state index in [0.29, 0.717) is 0 Å². The second-order valence-electron chi connectivity index (χ2n) is 5.09. The van der Waals surface area contributed by atoms with Crippen molar-refractivity contribution in [3.05, 3.63) is 12.2 Å². The van der Waals surface area contributed by atoms with Crippen LogP contribution in [0.3, 0.4) is 0 Å². The van der Waals surface area contributed by atoms with Crippen molar-refractivity contribution in [1.29, 1.82) is 0 Å². The van der Waals surface area contributed by atoms with Crippen molar-refractivity contribution >= 4 is 0 Å². The summed E-state index contributed by atoms with van der Waals surface area (Å²) in [7, 11) is 0. The molecule has 0 bridgehead atoms. The maximum Gasteiger partial charge on any atom is 0.0532 e. The predicted octanol–water partition coefficient (Wildman–Crippen LogP) is 3.94. The summed E-state index contributed by atoms with van der Waals surface area (Å²) in [6.45, 7) is 1.98. The summed E-state index contributed by atoms with van der Waals surface area (Å²) in [5, 5.41) is 0. The fourth-order valence-corrected chi connectivity index (χ4v) is 2.77. The molecule has 0 unspecified atom stereocenters. The van der Waals surface area contributed by atoms with Crippen LogP contribution in [0, 0.1) is 11.8 Å². The Morgan fingerprint density at radius 3 is 2.60 bits per heavy atom. The van der Waals surface area contributed by atoms with Crippen molar-refractivity contribution in [1.82, 2.24) is 0 Å². The predicted molar refractivity (Wildman–Crippen MR) is 63.9 cm³/mol. The van der Waals surface area contributed by atoms with Gasteiger partial charge in [-0.25, -0.2) is 0 Å². The molecule has 1 fully saturated rings. The maximum atomic E-state index is 5.60. The van der Waals surface area contributed by atoms with Gasteiger partial charge in [-0.3, -0.25) is 0 Å². The summed E-state index contributed by atoms with van der Waals surface area (Å²) in [5.41, 5.74) is 0. The highest BCUT2D eigenvalue weighted by molar-refractivity contribution is 4.94. The first-order valence-corrected chi connectivity index (χ1v) is 6.71. The molecular weight excluding hydrogens is 184 g/mol. The highest BCUT2D eigenvalue weighted by atomic mass is 16.5. The average molecular weight is 208 g/mol. The van der Waals surface area contributed by atoms with Crippen LogP contribution in [0.4, 0.5) is 0 Å². The third-order valence-corrected chi connectivity index (χ3v) is 3.83. The lowest BCUT2D eigenvalue weighted by Crippen LogP contribution is -2.10. The van der Waals surface area contributed by atoms with E-state index >= 15 is 0 Å². The Labute approximate surface area is 93.9 Å². The molecule has 2 atom stereocenters. The third kappa shape index (κ3) is 3.64. The molecule has 0 amide bonds. The van der Waals surface area contributed by atoms with E-state index in [-0.39, 0.29) is 0 Å². The van der Waals surface area contributed by atoms with Gasteiger partial charge in [0.2, 0.25) is 0 Å². The Kier molecular flexibility index (Phi) is 4.72. The number of rotatable bonds is 0. The quantitative estimate of drug-likeness (QED) is 0.548. The van der Waals surface area contributed by atoms with Crippen LogP contribution in [-0.2, 0) is 4.74 Å². The van der Waals surface area contributed by atoms with Crippen LogP contribution >= 0.6 is 0 Å². The molecule has 0 aromatic heterocycles. The third-order valence-electron chi connectivity index (χ3n) is 3.83. The number of hydrogen-bond donors (Lipinski definition) is 0. The number of hydrogen-bond acceptors (Lipinski definition) is 1. The summed E-state index contributed by atoms with van der Waals surface area (Å²) in [6.07, 6.45) is 16.0. The van der Waals surface area contributed by atoms with Crippen LogP contribution in [0.1, 0.15) is 51.4 Å². The van der Waals surface area contributed by atoms with Crippen molar-refractivity contribution in [2.75, 3.05) is 13.2 Å². The normalized spacial score (nSPS) is 36.3. The van der Waals surface area contributed by atoms with E-state index < -0.39 is 0 Å². The molecule has 0 N–H and O–H groups in total. The summed E-state index contributed by atoms with van der Waals surface area (Å²) in [6, 6.07) is 0. The molecule has 0 spiro atoms. The first kappa shape index (κ1) is 11.2. The fourth-order valence-electron chi connectivity index (χ4n) is 2.77. The van der Waals surface area contributed by atoms with Gasteiger partial charge in [-0.2, -0.15) is 0 Å². The lowest BCUT2D eigenvalue weighted by molar-refractivity contribution is 0.181. The molecular formula is C14H24O. The maximum absolute atomic E-state index is 5.60. The lowest BCUT2D eigenvalue weighted by Gasteiger charge is -2.14. The van der Waals surface area contributed by atoms with Crippen LogP contribution in [0.25, 0.3) is 0 Å². The number of fused-ring (bicyclic) bond motifs is 1. The molecule has 1 heteroatoms. The molecule has 2 aliphatic rings. The fraction of sp³-hybridized carbons (Fsp3) is 0.857. The topological polar surface area (TPSA) is 9.23 Å². The number of allylic oxidation sites excluding steroid dienone is 1. The zero-order chi connectivity index (χ0) is 10.3. The smallest absolute Gasteiger partial charge is 0.0532 e. The van der Waals surface area contributed by atoms with Crippen LogP contribution in [-0.4, -0.2) is 13.2 Å². The molecule has 0 aromatic carbocycles. The van der Waals surface area contributed by atoms with Crippen molar-refractivity contribution in [3.63, 3.8) is 0 Å². The van der Waals surface area contributed by atoms with Crippen LogP contribution < -0.4 is 0 Å². The van der Waals surface area contributed by atoms with E-state index in [4.69, 9.17) is 4.74 Å². The van der Waals surface area contributed by atoms with Crippen LogP contribution in [0.15, 0.2) is 12.2 Å². The largest absolute Gasteiger partial charge is 0.381 e. The van der Waals surface area contributed by atoms with E-state index in [2.05, 4.69) is 12.2 Å². The summed E-state index contributed by atoms with van der Waals surface area (Å²) >= 11 is 0. The molecule has 86 valence electrons. The molecule has 1 heterocycles. The molecule has 0 saturated carbocycles. The zero-order valence-electron chi connectivity index (χ0n) is 9.79. The second-order valence-corrected chi connectivity index (χ2v) is 5.09. The first-order valence-electron chi connectivity index (χ1n) is 6.71. The van der Waals surface area contributed by atoms with E-state index in [0.717, 1.165) is 25.0 Å². The Hall–Kier alpha value is -0.300. The minimum atomic E-state index is 0.726. The summed E-state index contributed by atoms with van der Waals surface area (Å²) in [5.74, 6) is 1.55. The molecule has 1 saturated heterocycles. The van der Waals surface area contributed by atoms with E-state index in [1.165, 1.54) is 51.4 Å². The van der Waals surface area contributed by atoms with Crippen LogP contribution in [0.5, 0.6) is 0 Å². The molecule has 1 aliphatic carbocycles. The average Bonchev–Trinajstić information content (AvgIpc) is 2.65. The zero-order valence-corrected chi connectivity index (χ0v) is 9.79. The van der Waals surface area contributed by atoms with Gasteiger partial charge in [0.05, 0.1) is 13.2 Å². The first-order chi connectivity index (χ1) is 7.47. The monoisotopic (exact) mass is 208 g/mol. The number of ether oxygens (including phenoxy) is 1. The van der Waals surface area contributed by atoms with Crippen molar-refractivity contribution < 1.29 is 4.74 Å². The van der Waals surface area contributed by atoms with E-state index in [1.54, 1.807) is 0 Å². The van der Waals surface area contributed by atoms with Gasteiger partial charge in [-0.15, -0.1) is 0 Å². The van der Waals surface area contributed by atoms with Crippen LogP contribution in [0.2, 0.25) is 0 Å². The summed E-state index contributed by atoms with van der Waals surface area (Å²) < 4.78 is 5.60. The molecule has 1 nitrogen and oxygen atoms in total. The SMILES string of the molecule is C1=C/[C@H]2COC[C@@H]2CCCCCCCC/1. The lowest BCUT2D eigenvalue weighted by atomic mass is 9.89. The standard InChI is InChI=1S/C14H24O/c1-2-4-6-8-10-14-12-15-11-13(14)9-7-5-3-1/h7,9,13-14H,1-6,8,10-12H2/b9-7+/t13-,14-/m0/s1. The van der Waals surface area contributed by atoms with E-state index in [1.807, 2.05) is 0 Å². The van der Waals surface area contributed by atoms with Crippen molar-refractivity contribution in [2.45, 2.75) is 51.4 Å². The Bertz CT molecular complexity index is 198. The van der Waals surface area contributed by atoms with Gasteiger partial charge in [-0.1, -0.05) is 44.3 Å². The van der Waals surface area contributed by atoms with Crippen molar-refractivity contribution in [2.24, 2.45) is 11.8 Å². The minimum absolute atomic E-state index is 0.726. The van der Waals surface area contributed by atoms with Gasteiger partial charge in [0.15, 0.2) is 0 Å². The summed E-state index contributed by atoms with van der Waals surface area (Å²) in [4.78, 5) is 0. The van der Waals surface area contributed by atoms with Gasteiger partial charge in [0.1, 0.15) is 0 Å². The molecule has 0 aromatic rings. The molecule has 15 heavy (non-hydrogen) atoms. The van der Waals surface area contributed by atoms with Gasteiger partial charge in [0.25, 0.3) is 0 Å². The molecule has 0 radical (unpaired) electrons. The molecule has 2 rings (SSSR count). The highest BCUT2D eigenvalue weighted by Gasteiger charge is 2.25. The highest BCUT2D eigenvalue weighted by Crippen LogP contribution is 2.28. The second kappa shape index (κ2) is 6.32. The van der Waals surface area contributed by atoms with Gasteiger partial charge >= 0.3 is 0 Å². The Morgan fingerprint density at radius 2 is 1.67 bits per heavy atom. The van der Waals surface area contributed by atoms with Gasteiger partial charge in [0, 0.05) is 5.92 Å². The molecule has 1 aliphatic heterocycles. The van der Waals surface area contributed by atoms with Gasteiger partial charge < -0.3 is 4.74 Å². The Morgan fingerprint density at radius 1 is 0.867 bits per heavy atom. The Balaban J connectivity index is 1.86.